The Morgan fingerprint density at radius 3 is 2.53 bits per heavy atom. The van der Waals surface area contributed by atoms with E-state index >= 15 is 0 Å². The smallest absolute Gasteiger partial charge is 0.328 e. The highest BCUT2D eigenvalue weighted by Gasteiger charge is 2.14. The summed E-state index contributed by atoms with van der Waals surface area (Å²) in [4.78, 5) is 50.9. The maximum atomic E-state index is 12.4. The van der Waals surface area contributed by atoms with Gasteiger partial charge < -0.3 is 9.47 Å². The predicted molar refractivity (Wildman–Crippen MR) is 118 cm³/mol. The first-order valence-electron chi connectivity index (χ1n) is 9.96. The molecule has 32 heavy (non-hydrogen) atoms. The van der Waals surface area contributed by atoms with E-state index in [0.29, 0.717) is 22.4 Å². The lowest BCUT2D eigenvalue weighted by Gasteiger charge is -2.14. The fraction of sp³-hybridized carbons (Fsp3) is 0.273. The van der Waals surface area contributed by atoms with Gasteiger partial charge in [-0.1, -0.05) is 12.1 Å². The Morgan fingerprint density at radius 1 is 1.06 bits per heavy atom. The molecule has 1 heterocycles. The molecule has 0 saturated heterocycles. The van der Waals surface area contributed by atoms with E-state index in [1.165, 1.54) is 17.7 Å². The first-order chi connectivity index (χ1) is 15.3. The van der Waals surface area contributed by atoms with E-state index in [1.54, 1.807) is 36.4 Å². The number of aromatic nitrogens is 2. The van der Waals surface area contributed by atoms with E-state index in [0.717, 1.165) is 0 Å². The second kappa shape index (κ2) is 9.82. The average Bonchev–Trinajstić information content (AvgIpc) is 2.77. The van der Waals surface area contributed by atoms with E-state index in [-0.39, 0.29) is 24.6 Å². The van der Waals surface area contributed by atoms with Crippen molar-refractivity contribution in [3.8, 4) is 11.5 Å². The lowest BCUT2D eigenvalue weighted by atomic mass is 10.2. The van der Waals surface area contributed by atoms with Crippen molar-refractivity contribution >= 4 is 22.7 Å². The largest absolute Gasteiger partial charge is 0.493 e. The Bertz CT molecular complexity index is 1260. The van der Waals surface area contributed by atoms with Gasteiger partial charge in [-0.15, -0.1) is 0 Å². The van der Waals surface area contributed by atoms with Crippen molar-refractivity contribution in [1.29, 1.82) is 0 Å². The van der Waals surface area contributed by atoms with Crippen LogP contribution in [0.2, 0.25) is 0 Å². The maximum Gasteiger partial charge on any atom is 0.328 e. The Kier molecular flexibility index (Phi) is 6.93. The number of hydrazine groups is 1. The average molecular weight is 440 g/mol. The van der Waals surface area contributed by atoms with Gasteiger partial charge in [-0.3, -0.25) is 34.8 Å². The van der Waals surface area contributed by atoms with Crippen LogP contribution in [0.5, 0.6) is 11.5 Å². The molecule has 3 aromatic rings. The van der Waals surface area contributed by atoms with Crippen molar-refractivity contribution < 1.29 is 19.1 Å². The SMILES string of the molecule is COc1cc(C(=O)NNC(=O)CCn2c(=O)[nH]c(=O)c3ccccc32)ccc1OC(C)C. The number of nitrogens with zero attached hydrogens (tertiary/aromatic N) is 1. The molecule has 2 aromatic carbocycles. The number of rotatable bonds is 7. The summed E-state index contributed by atoms with van der Waals surface area (Å²) in [5.74, 6) is -0.157. The van der Waals surface area contributed by atoms with Crippen LogP contribution in [0.15, 0.2) is 52.1 Å². The highest BCUT2D eigenvalue weighted by Crippen LogP contribution is 2.28. The highest BCUT2D eigenvalue weighted by atomic mass is 16.5. The number of methoxy groups -OCH3 is 1. The number of benzene rings is 2. The van der Waals surface area contributed by atoms with Gasteiger partial charge >= 0.3 is 5.69 Å². The Hall–Kier alpha value is -4.08. The molecule has 2 amide bonds. The number of para-hydroxylation sites is 1. The fourth-order valence-corrected chi connectivity index (χ4v) is 3.10. The molecule has 0 bridgehead atoms. The molecule has 3 N–H and O–H groups in total. The van der Waals surface area contributed by atoms with Crippen LogP contribution in [0.3, 0.4) is 0 Å². The zero-order chi connectivity index (χ0) is 23.3. The molecule has 0 fully saturated rings. The number of hydrogen-bond donors (Lipinski definition) is 3. The molecule has 0 saturated carbocycles. The molecular formula is C22H24N4O6. The third-order valence-electron chi connectivity index (χ3n) is 4.57. The molecular weight excluding hydrogens is 416 g/mol. The summed E-state index contributed by atoms with van der Waals surface area (Å²) in [5, 5.41) is 0.347. The van der Waals surface area contributed by atoms with Gasteiger partial charge in [0.25, 0.3) is 11.5 Å². The summed E-state index contributed by atoms with van der Waals surface area (Å²) in [6.07, 6.45) is -0.157. The molecule has 10 heteroatoms. The van der Waals surface area contributed by atoms with Crippen LogP contribution < -0.4 is 31.6 Å². The first-order valence-corrected chi connectivity index (χ1v) is 9.96. The molecule has 0 aliphatic carbocycles. The monoisotopic (exact) mass is 440 g/mol. The van der Waals surface area contributed by atoms with E-state index in [1.807, 2.05) is 13.8 Å². The summed E-state index contributed by atoms with van der Waals surface area (Å²) in [7, 11) is 1.47. The standard InChI is InChI=1S/C22H24N4O6/c1-13(2)32-17-9-8-14(12-18(17)31-3)20(28)25-24-19(27)10-11-26-16-7-5-4-6-15(16)21(29)23-22(26)30/h4-9,12-13H,10-11H2,1-3H3,(H,24,27)(H,25,28)(H,23,29,30). The van der Waals surface area contributed by atoms with Crippen LogP contribution in [0.1, 0.15) is 30.6 Å². The Labute approximate surface area is 183 Å². The fourth-order valence-electron chi connectivity index (χ4n) is 3.10. The van der Waals surface area contributed by atoms with Crippen LogP contribution in [-0.4, -0.2) is 34.6 Å². The number of aryl methyl sites for hydroxylation is 1. The minimum atomic E-state index is -0.610. The van der Waals surface area contributed by atoms with Crippen molar-refractivity contribution in [2.75, 3.05) is 7.11 Å². The molecule has 0 atom stereocenters. The molecule has 1 aromatic heterocycles. The zero-order valence-corrected chi connectivity index (χ0v) is 17.9. The van der Waals surface area contributed by atoms with Crippen LogP contribution in [0, 0.1) is 0 Å². The highest BCUT2D eigenvalue weighted by molar-refractivity contribution is 5.96. The van der Waals surface area contributed by atoms with E-state index < -0.39 is 23.1 Å². The lowest BCUT2D eigenvalue weighted by Crippen LogP contribution is -2.42. The number of ether oxygens (including phenoxy) is 2. The number of nitrogens with one attached hydrogen (secondary N) is 3. The first kappa shape index (κ1) is 22.6. The summed E-state index contributed by atoms with van der Waals surface area (Å²) in [5.41, 5.74) is 4.24. The zero-order valence-electron chi connectivity index (χ0n) is 17.9. The van der Waals surface area contributed by atoms with Gasteiger partial charge in [-0.2, -0.15) is 0 Å². The lowest BCUT2D eigenvalue weighted by molar-refractivity contribution is -0.122. The second-order valence-corrected chi connectivity index (χ2v) is 7.21. The van der Waals surface area contributed by atoms with Gasteiger partial charge in [-0.25, -0.2) is 4.79 Å². The van der Waals surface area contributed by atoms with E-state index in [2.05, 4.69) is 15.8 Å². The second-order valence-electron chi connectivity index (χ2n) is 7.21. The molecule has 0 radical (unpaired) electrons. The Balaban J connectivity index is 1.62. The van der Waals surface area contributed by atoms with Crippen molar-refractivity contribution in [2.45, 2.75) is 32.9 Å². The number of fused-ring (bicyclic) bond motifs is 1. The summed E-state index contributed by atoms with van der Waals surface area (Å²) in [6, 6.07) is 11.3. The van der Waals surface area contributed by atoms with Crippen LogP contribution in [0.25, 0.3) is 10.9 Å². The summed E-state index contributed by atoms with van der Waals surface area (Å²) in [6.45, 7) is 3.77. The minimum absolute atomic E-state index is 0.0207. The van der Waals surface area contributed by atoms with E-state index in [4.69, 9.17) is 9.47 Å². The van der Waals surface area contributed by atoms with Crippen LogP contribution >= 0.6 is 0 Å². The summed E-state index contributed by atoms with van der Waals surface area (Å²) < 4.78 is 12.2. The van der Waals surface area contributed by atoms with Crippen LogP contribution in [0.4, 0.5) is 0 Å². The number of aromatic amines is 1. The third-order valence-corrected chi connectivity index (χ3v) is 4.57. The third kappa shape index (κ3) is 5.15. The van der Waals surface area contributed by atoms with Gasteiger partial charge in [0.2, 0.25) is 5.91 Å². The van der Waals surface area contributed by atoms with Crippen molar-refractivity contribution in [3.63, 3.8) is 0 Å². The van der Waals surface area contributed by atoms with Crippen molar-refractivity contribution in [2.24, 2.45) is 0 Å². The number of amides is 2. The molecule has 3 rings (SSSR count). The quantitative estimate of drug-likeness (QED) is 0.475. The number of hydrogen-bond acceptors (Lipinski definition) is 6. The van der Waals surface area contributed by atoms with Crippen molar-refractivity contribution in [1.82, 2.24) is 20.4 Å². The predicted octanol–water partition coefficient (Wildman–Crippen LogP) is 1.34. The summed E-state index contributed by atoms with van der Waals surface area (Å²) >= 11 is 0. The number of carbonyl (C=O) groups is 2. The van der Waals surface area contributed by atoms with Gasteiger partial charge in [0.05, 0.1) is 24.1 Å². The molecule has 0 aliphatic heterocycles. The molecule has 0 spiro atoms. The maximum absolute atomic E-state index is 12.4. The Morgan fingerprint density at radius 2 is 1.81 bits per heavy atom. The minimum Gasteiger partial charge on any atom is -0.493 e. The van der Waals surface area contributed by atoms with Gasteiger partial charge in [0, 0.05) is 18.5 Å². The van der Waals surface area contributed by atoms with Crippen LogP contribution in [-0.2, 0) is 11.3 Å². The molecule has 10 nitrogen and oxygen atoms in total. The number of carbonyl (C=O) groups excluding carboxylic acids is 2. The van der Waals surface area contributed by atoms with E-state index in [9.17, 15) is 19.2 Å². The topological polar surface area (TPSA) is 132 Å². The van der Waals surface area contributed by atoms with Crippen molar-refractivity contribution in [3.05, 3.63) is 68.9 Å². The van der Waals surface area contributed by atoms with Gasteiger partial charge in [0.15, 0.2) is 11.5 Å². The van der Waals surface area contributed by atoms with Gasteiger partial charge in [-0.05, 0) is 44.2 Å². The van der Waals surface area contributed by atoms with Gasteiger partial charge in [0.1, 0.15) is 0 Å². The molecule has 168 valence electrons. The molecule has 0 unspecified atom stereocenters. The number of H-pyrrole nitrogens is 1. The molecule has 0 aliphatic rings. The normalized spacial score (nSPS) is 10.8.